The largest absolute Gasteiger partial charge is 0.392 e. The topological polar surface area (TPSA) is 95.1 Å². The van der Waals surface area contributed by atoms with E-state index in [-0.39, 0.29) is 23.7 Å². The minimum Gasteiger partial charge on any atom is -0.392 e. The van der Waals surface area contributed by atoms with Crippen LogP contribution in [0.2, 0.25) is 0 Å². The molecule has 98 valence electrons. The Kier molecular flexibility index (Phi) is 4.17. The van der Waals surface area contributed by atoms with Crippen LogP contribution < -0.4 is 4.72 Å². The first kappa shape index (κ1) is 13.7. The molecule has 18 heavy (non-hydrogen) atoms. The molecule has 2 aromatic rings. The average molecular weight is 352 g/mol. The lowest BCUT2D eigenvalue weighted by Crippen LogP contribution is -2.24. The second-order valence-electron chi connectivity index (χ2n) is 3.41. The molecular formula is C9H10BrN3O3S2. The minimum atomic E-state index is -3.69. The number of hydrogen-bond donors (Lipinski definition) is 3. The summed E-state index contributed by atoms with van der Waals surface area (Å²) in [4.78, 5) is 0.885. The van der Waals surface area contributed by atoms with Gasteiger partial charge in [-0.2, -0.15) is 5.10 Å². The summed E-state index contributed by atoms with van der Waals surface area (Å²) in [7, 11) is -3.69. The normalized spacial score (nSPS) is 11.9. The van der Waals surface area contributed by atoms with Crippen molar-refractivity contribution < 1.29 is 13.5 Å². The van der Waals surface area contributed by atoms with Gasteiger partial charge < -0.3 is 5.11 Å². The van der Waals surface area contributed by atoms with E-state index in [9.17, 15) is 8.42 Å². The molecule has 2 aromatic heterocycles. The molecule has 0 radical (unpaired) electrons. The van der Waals surface area contributed by atoms with Gasteiger partial charge in [-0.25, -0.2) is 13.1 Å². The van der Waals surface area contributed by atoms with Crippen LogP contribution in [0.1, 0.15) is 10.4 Å². The predicted octanol–water partition coefficient (Wildman–Crippen LogP) is 1.20. The monoisotopic (exact) mass is 351 g/mol. The zero-order chi connectivity index (χ0) is 13.2. The Morgan fingerprint density at radius 2 is 2.28 bits per heavy atom. The Morgan fingerprint density at radius 1 is 1.50 bits per heavy atom. The molecule has 2 rings (SSSR count). The van der Waals surface area contributed by atoms with Crippen LogP contribution in [0.4, 0.5) is 0 Å². The van der Waals surface area contributed by atoms with Crippen molar-refractivity contribution in [2.24, 2.45) is 0 Å². The maximum atomic E-state index is 12.0. The van der Waals surface area contributed by atoms with E-state index < -0.39 is 10.0 Å². The summed E-state index contributed by atoms with van der Waals surface area (Å²) in [6.07, 6.45) is 1.29. The van der Waals surface area contributed by atoms with Gasteiger partial charge in [-0.1, -0.05) is 0 Å². The van der Waals surface area contributed by atoms with Crippen LogP contribution in [0.15, 0.2) is 27.1 Å². The number of thiophene rings is 1. The fourth-order valence-corrected chi connectivity index (χ4v) is 3.97. The second-order valence-corrected chi connectivity index (χ2v) is 7.66. The van der Waals surface area contributed by atoms with Crippen LogP contribution in [0, 0.1) is 0 Å². The van der Waals surface area contributed by atoms with Crippen molar-refractivity contribution in [3.63, 3.8) is 0 Å². The van der Waals surface area contributed by atoms with Crippen LogP contribution in [-0.4, -0.2) is 23.7 Å². The first-order chi connectivity index (χ1) is 8.53. The van der Waals surface area contributed by atoms with Gasteiger partial charge in [-0.05, 0) is 28.1 Å². The summed E-state index contributed by atoms with van der Waals surface area (Å²) in [5, 5.41) is 14.9. The van der Waals surface area contributed by atoms with Crippen LogP contribution in [0.3, 0.4) is 0 Å². The molecule has 0 spiro atoms. The Morgan fingerprint density at radius 3 is 2.89 bits per heavy atom. The molecule has 3 N–H and O–H groups in total. The van der Waals surface area contributed by atoms with E-state index in [0.717, 1.165) is 8.66 Å². The number of H-pyrrole nitrogens is 1. The molecule has 0 aliphatic rings. The standard InChI is InChI=1S/C9H10BrN3O3S2/c10-8-2-1-7(17-8)4-12-18(15,16)9-6(5-14)3-11-13-9/h1-3,12,14H,4-5H2,(H,11,13). The Labute approximate surface area is 116 Å². The highest BCUT2D eigenvalue weighted by Crippen LogP contribution is 2.22. The number of rotatable bonds is 5. The summed E-state index contributed by atoms with van der Waals surface area (Å²) in [6.45, 7) is -0.181. The molecule has 0 bridgehead atoms. The zero-order valence-corrected chi connectivity index (χ0v) is 12.3. The smallest absolute Gasteiger partial charge is 0.258 e. The van der Waals surface area contributed by atoms with Crippen molar-refractivity contribution in [1.29, 1.82) is 0 Å². The van der Waals surface area contributed by atoms with E-state index in [4.69, 9.17) is 5.11 Å². The summed E-state index contributed by atoms with van der Waals surface area (Å²) in [6, 6.07) is 3.68. The molecule has 0 saturated heterocycles. The number of aliphatic hydroxyl groups excluding tert-OH is 1. The lowest BCUT2D eigenvalue weighted by atomic mass is 10.4. The molecule has 0 fully saturated rings. The molecule has 6 nitrogen and oxygen atoms in total. The van der Waals surface area contributed by atoms with Crippen molar-refractivity contribution in [2.45, 2.75) is 18.2 Å². The van der Waals surface area contributed by atoms with Gasteiger partial charge in [0.05, 0.1) is 16.6 Å². The quantitative estimate of drug-likeness (QED) is 0.754. The van der Waals surface area contributed by atoms with Gasteiger partial charge in [0.25, 0.3) is 10.0 Å². The predicted molar refractivity (Wildman–Crippen MR) is 70.6 cm³/mol. The summed E-state index contributed by atoms with van der Waals surface area (Å²) in [5.41, 5.74) is 0.245. The lowest BCUT2D eigenvalue weighted by molar-refractivity contribution is 0.278. The number of sulfonamides is 1. The Bertz CT molecular complexity index is 635. The van der Waals surface area contributed by atoms with Gasteiger partial charge in [0.15, 0.2) is 5.03 Å². The van der Waals surface area contributed by atoms with E-state index in [0.29, 0.717) is 0 Å². The number of aromatic amines is 1. The van der Waals surface area contributed by atoms with E-state index in [2.05, 4.69) is 30.8 Å². The van der Waals surface area contributed by atoms with E-state index in [1.165, 1.54) is 17.5 Å². The highest BCUT2D eigenvalue weighted by atomic mass is 79.9. The molecule has 0 aliphatic heterocycles. The first-order valence-electron chi connectivity index (χ1n) is 4.90. The van der Waals surface area contributed by atoms with Crippen molar-refractivity contribution in [3.05, 3.63) is 32.6 Å². The van der Waals surface area contributed by atoms with Gasteiger partial charge in [-0.3, -0.25) is 5.10 Å². The van der Waals surface area contributed by atoms with Gasteiger partial charge in [0, 0.05) is 17.0 Å². The lowest BCUT2D eigenvalue weighted by Gasteiger charge is -2.04. The molecule has 0 atom stereocenters. The highest BCUT2D eigenvalue weighted by molar-refractivity contribution is 9.11. The molecule has 9 heteroatoms. The second kappa shape index (κ2) is 5.49. The van der Waals surface area contributed by atoms with Crippen molar-refractivity contribution in [1.82, 2.24) is 14.9 Å². The number of nitrogens with one attached hydrogen (secondary N) is 2. The first-order valence-corrected chi connectivity index (χ1v) is 7.99. The fraction of sp³-hybridized carbons (Fsp3) is 0.222. The van der Waals surface area contributed by atoms with Crippen molar-refractivity contribution in [2.75, 3.05) is 0 Å². The SMILES string of the molecule is O=S(=O)(NCc1ccc(Br)s1)c1[nH]ncc1CO. The average Bonchev–Trinajstić information content (AvgIpc) is 2.95. The Balaban J connectivity index is 2.13. The maximum absolute atomic E-state index is 12.0. The van der Waals surface area contributed by atoms with E-state index in [1.54, 1.807) is 0 Å². The van der Waals surface area contributed by atoms with E-state index >= 15 is 0 Å². The fourth-order valence-electron chi connectivity index (χ4n) is 1.33. The summed E-state index contributed by atoms with van der Waals surface area (Å²) in [5.74, 6) is 0. The van der Waals surface area contributed by atoms with Crippen LogP contribution in [0.25, 0.3) is 0 Å². The number of hydrogen-bond acceptors (Lipinski definition) is 5. The van der Waals surface area contributed by atoms with Crippen LogP contribution in [0.5, 0.6) is 0 Å². The maximum Gasteiger partial charge on any atom is 0.258 e. The third-order valence-electron chi connectivity index (χ3n) is 2.18. The summed E-state index contributed by atoms with van der Waals surface area (Å²) < 4.78 is 27.3. The molecule has 0 amide bonds. The third-order valence-corrected chi connectivity index (χ3v) is 5.22. The van der Waals surface area contributed by atoms with Gasteiger partial charge in [0.1, 0.15) is 0 Å². The molecule has 0 aromatic carbocycles. The van der Waals surface area contributed by atoms with Crippen LogP contribution in [-0.2, 0) is 23.2 Å². The Hall–Kier alpha value is -0.740. The van der Waals surface area contributed by atoms with Gasteiger partial charge in [0.2, 0.25) is 0 Å². The molecule has 0 unspecified atom stereocenters. The molecule has 0 aliphatic carbocycles. The minimum absolute atomic E-state index is 0.0966. The number of aliphatic hydroxyl groups is 1. The third kappa shape index (κ3) is 2.98. The highest BCUT2D eigenvalue weighted by Gasteiger charge is 2.20. The van der Waals surface area contributed by atoms with Gasteiger partial charge >= 0.3 is 0 Å². The van der Waals surface area contributed by atoms with E-state index in [1.807, 2.05) is 12.1 Å². The zero-order valence-electron chi connectivity index (χ0n) is 9.05. The number of aromatic nitrogens is 2. The van der Waals surface area contributed by atoms with Gasteiger partial charge in [-0.15, -0.1) is 11.3 Å². The van der Waals surface area contributed by atoms with Crippen molar-refractivity contribution >= 4 is 37.3 Å². The van der Waals surface area contributed by atoms with Crippen LogP contribution >= 0.6 is 27.3 Å². The molecular weight excluding hydrogens is 342 g/mol. The number of halogens is 1. The molecule has 0 saturated carbocycles. The summed E-state index contributed by atoms with van der Waals surface area (Å²) >= 11 is 4.76. The molecule has 2 heterocycles. The number of nitrogens with zero attached hydrogens (tertiary/aromatic N) is 1. The van der Waals surface area contributed by atoms with Crippen molar-refractivity contribution in [3.8, 4) is 0 Å².